The molecule has 4 aliphatic rings. The highest BCUT2D eigenvalue weighted by Crippen LogP contribution is 2.65. The van der Waals surface area contributed by atoms with Crippen molar-refractivity contribution >= 4 is 5.78 Å². The predicted octanol–water partition coefficient (Wildman–Crippen LogP) is 2.87. The normalized spacial score (nSPS) is 49.2. The summed E-state index contributed by atoms with van der Waals surface area (Å²) in [7, 11) is 0. The Hall–Kier alpha value is -0.710. The van der Waals surface area contributed by atoms with Crippen molar-refractivity contribution in [2.24, 2.45) is 28.6 Å². The standard InChI is InChI=1S/C21H32O4/c1-20-7-5-13(23)11-17(20)18(25-10-9-22)12-14-15-3-4-19(24)21(15,2)8-6-16(14)20/h11,14-16,18-19,22,24H,3-10,12H2,1-2H3/t14-,15-,16-,18?,19-,20+,21-/m0/s1. The van der Waals surface area contributed by atoms with Gasteiger partial charge in [-0.05, 0) is 78.8 Å². The molecule has 0 aliphatic heterocycles. The van der Waals surface area contributed by atoms with E-state index in [4.69, 9.17) is 4.74 Å². The third kappa shape index (κ3) is 2.55. The maximum atomic E-state index is 12.1. The molecule has 0 bridgehead atoms. The fourth-order valence-electron chi connectivity index (χ4n) is 6.90. The lowest BCUT2D eigenvalue weighted by molar-refractivity contribution is -0.123. The molecule has 0 saturated heterocycles. The van der Waals surface area contributed by atoms with Gasteiger partial charge in [0.05, 0.1) is 25.4 Å². The Morgan fingerprint density at radius 1 is 1.20 bits per heavy atom. The summed E-state index contributed by atoms with van der Waals surface area (Å²) in [5.41, 5.74) is 1.26. The highest BCUT2D eigenvalue weighted by Gasteiger charge is 2.60. The van der Waals surface area contributed by atoms with Gasteiger partial charge in [-0.25, -0.2) is 0 Å². The zero-order valence-electron chi connectivity index (χ0n) is 15.5. The largest absolute Gasteiger partial charge is 0.394 e. The molecule has 0 heterocycles. The van der Waals surface area contributed by atoms with Crippen LogP contribution in [-0.4, -0.2) is 41.4 Å². The first-order valence-electron chi connectivity index (χ1n) is 10.1. The van der Waals surface area contributed by atoms with Crippen LogP contribution in [0.1, 0.15) is 58.8 Å². The van der Waals surface area contributed by atoms with Crippen LogP contribution in [-0.2, 0) is 9.53 Å². The summed E-state index contributed by atoms with van der Waals surface area (Å²) >= 11 is 0. The van der Waals surface area contributed by atoms with Crippen molar-refractivity contribution in [3.05, 3.63) is 11.6 Å². The van der Waals surface area contributed by atoms with Crippen molar-refractivity contribution in [2.45, 2.75) is 71.0 Å². The molecule has 0 spiro atoms. The smallest absolute Gasteiger partial charge is 0.155 e. The molecule has 4 heteroatoms. The first kappa shape index (κ1) is 17.7. The van der Waals surface area contributed by atoms with Crippen LogP contribution in [0.4, 0.5) is 0 Å². The van der Waals surface area contributed by atoms with Gasteiger partial charge in [0.1, 0.15) is 0 Å². The number of aliphatic hydroxyl groups excluding tert-OH is 2. The van der Waals surface area contributed by atoms with Gasteiger partial charge in [0.2, 0.25) is 0 Å². The zero-order valence-corrected chi connectivity index (χ0v) is 15.5. The third-order valence-corrected chi connectivity index (χ3v) is 8.32. The number of rotatable bonds is 3. The van der Waals surface area contributed by atoms with Gasteiger partial charge in [-0.2, -0.15) is 0 Å². The molecular weight excluding hydrogens is 316 g/mol. The Bertz CT molecular complexity index is 584. The van der Waals surface area contributed by atoms with Gasteiger partial charge < -0.3 is 14.9 Å². The molecule has 140 valence electrons. The quantitative estimate of drug-likeness (QED) is 0.823. The van der Waals surface area contributed by atoms with Gasteiger partial charge in [0, 0.05) is 6.42 Å². The lowest BCUT2D eigenvalue weighted by Gasteiger charge is -2.59. The summed E-state index contributed by atoms with van der Waals surface area (Å²) in [6, 6.07) is 0. The molecule has 3 saturated carbocycles. The van der Waals surface area contributed by atoms with Crippen LogP contribution >= 0.6 is 0 Å². The number of ether oxygens (including phenoxy) is 1. The van der Waals surface area contributed by atoms with Crippen LogP contribution in [0, 0.1) is 28.6 Å². The van der Waals surface area contributed by atoms with Crippen LogP contribution in [0.3, 0.4) is 0 Å². The van der Waals surface area contributed by atoms with E-state index in [0.29, 0.717) is 30.8 Å². The van der Waals surface area contributed by atoms with E-state index in [1.807, 2.05) is 6.08 Å². The number of aliphatic hydroxyl groups is 2. The Morgan fingerprint density at radius 2 is 2.00 bits per heavy atom. The first-order chi connectivity index (χ1) is 11.9. The number of hydrogen-bond acceptors (Lipinski definition) is 4. The van der Waals surface area contributed by atoms with Crippen LogP contribution in [0.15, 0.2) is 11.6 Å². The minimum Gasteiger partial charge on any atom is -0.394 e. The molecule has 3 fully saturated rings. The van der Waals surface area contributed by atoms with E-state index in [1.54, 1.807) is 0 Å². The van der Waals surface area contributed by atoms with Crippen LogP contribution < -0.4 is 0 Å². The SMILES string of the molecule is C[C@]12CC[C@H]3[C@@H](CC(OCCO)C4=CC(=O)CC[C@@]43C)[C@@H]1CC[C@@H]2O. The average Bonchev–Trinajstić information content (AvgIpc) is 2.89. The number of carbonyl (C=O) groups excluding carboxylic acids is 1. The van der Waals surface area contributed by atoms with Gasteiger partial charge in [-0.3, -0.25) is 4.79 Å². The van der Waals surface area contributed by atoms with E-state index >= 15 is 0 Å². The van der Waals surface area contributed by atoms with Crippen LogP contribution in [0.2, 0.25) is 0 Å². The van der Waals surface area contributed by atoms with Crippen LogP contribution in [0.25, 0.3) is 0 Å². The molecule has 25 heavy (non-hydrogen) atoms. The van der Waals surface area contributed by atoms with Gasteiger partial charge in [-0.1, -0.05) is 13.8 Å². The van der Waals surface area contributed by atoms with Crippen molar-refractivity contribution in [3.8, 4) is 0 Å². The second kappa shape index (κ2) is 6.17. The molecule has 0 aromatic heterocycles. The molecule has 1 unspecified atom stereocenters. The number of fused-ring (bicyclic) bond motifs is 5. The highest BCUT2D eigenvalue weighted by atomic mass is 16.5. The first-order valence-corrected chi connectivity index (χ1v) is 10.1. The fraction of sp³-hybridized carbons (Fsp3) is 0.857. The molecular formula is C21H32O4. The molecule has 0 aromatic rings. The molecule has 0 amide bonds. The van der Waals surface area contributed by atoms with Crippen molar-refractivity contribution < 1.29 is 19.7 Å². The fourth-order valence-corrected chi connectivity index (χ4v) is 6.90. The molecule has 4 rings (SSSR count). The Kier molecular flexibility index (Phi) is 4.37. The summed E-state index contributed by atoms with van der Waals surface area (Å²) in [5, 5.41) is 19.8. The lowest BCUT2D eigenvalue weighted by atomic mass is 9.47. The molecule has 0 radical (unpaired) electrons. The summed E-state index contributed by atoms with van der Waals surface area (Å²) < 4.78 is 6.04. The Morgan fingerprint density at radius 3 is 2.76 bits per heavy atom. The van der Waals surface area contributed by atoms with E-state index in [0.717, 1.165) is 38.5 Å². The number of carbonyl (C=O) groups is 1. The maximum Gasteiger partial charge on any atom is 0.155 e. The zero-order chi connectivity index (χ0) is 17.8. The van der Waals surface area contributed by atoms with Crippen molar-refractivity contribution in [2.75, 3.05) is 13.2 Å². The second-order valence-electron chi connectivity index (χ2n) is 9.32. The molecule has 4 nitrogen and oxygen atoms in total. The van der Waals surface area contributed by atoms with Gasteiger partial charge >= 0.3 is 0 Å². The van der Waals surface area contributed by atoms with E-state index in [2.05, 4.69) is 13.8 Å². The summed E-state index contributed by atoms with van der Waals surface area (Å²) in [6.45, 7) is 4.97. The minimum absolute atomic E-state index is 0.0163. The number of hydrogen-bond donors (Lipinski definition) is 2. The minimum atomic E-state index is -0.173. The van der Waals surface area contributed by atoms with E-state index in [-0.39, 0.29) is 35.4 Å². The second-order valence-corrected chi connectivity index (χ2v) is 9.32. The van der Waals surface area contributed by atoms with Gasteiger partial charge in [-0.15, -0.1) is 0 Å². The summed E-state index contributed by atoms with van der Waals surface area (Å²) in [6.07, 6.45) is 8.40. The van der Waals surface area contributed by atoms with Gasteiger partial charge in [0.25, 0.3) is 0 Å². The van der Waals surface area contributed by atoms with Crippen LogP contribution in [0.5, 0.6) is 0 Å². The lowest BCUT2D eigenvalue weighted by Crippen LogP contribution is -2.54. The molecule has 0 aromatic carbocycles. The van der Waals surface area contributed by atoms with E-state index in [9.17, 15) is 15.0 Å². The molecule has 2 N–H and O–H groups in total. The van der Waals surface area contributed by atoms with E-state index in [1.165, 1.54) is 5.57 Å². The predicted molar refractivity (Wildman–Crippen MR) is 94.9 cm³/mol. The summed E-state index contributed by atoms with van der Waals surface area (Å²) in [5.74, 6) is 1.91. The average molecular weight is 348 g/mol. The summed E-state index contributed by atoms with van der Waals surface area (Å²) in [4.78, 5) is 12.1. The third-order valence-electron chi connectivity index (χ3n) is 8.32. The Balaban J connectivity index is 1.70. The number of ketones is 1. The molecule has 4 aliphatic carbocycles. The van der Waals surface area contributed by atoms with Crippen molar-refractivity contribution in [1.29, 1.82) is 0 Å². The molecule has 7 atom stereocenters. The monoisotopic (exact) mass is 348 g/mol. The van der Waals surface area contributed by atoms with Crippen molar-refractivity contribution in [1.82, 2.24) is 0 Å². The maximum absolute atomic E-state index is 12.1. The highest BCUT2D eigenvalue weighted by molar-refractivity contribution is 5.91. The van der Waals surface area contributed by atoms with E-state index < -0.39 is 0 Å². The van der Waals surface area contributed by atoms with Crippen molar-refractivity contribution in [3.63, 3.8) is 0 Å². The Labute approximate surface area is 150 Å². The topological polar surface area (TPSA) is 66.8 Å². The van der Waals surface area contributed by atoms with Gasteiger partial charge in [0.15, 0.2) is 5.78 Å².